The van der Waals surface area contributed by atoms with Crippen molar-refractivity contribution >= 4 is 11.6 Å². The summed E-state index contributed by atoms with van der Waals surface area (Å²) in [5.74, 6) is 0. The predicted molar refractivity (Wildman–Crippen MR) is 57.5 cm³/mol. The van der Waals surface area contributed by atoms with E-state index in [0.29, 0.717) is 0 Å². The molecule has 1 aromatic carbocycles. The quantitative estimate of drug-likeness (QED) is 0.777. The standard InChI is InChI=1S/C11H6ClF3N2/c12-10-9(16-4-5-17-10)7-2-1-3-8(6-7)11(13,14)15/h1-6H. The Morgan fingerprint density at radius 1 is 1.06 bits per heavy atom. The number of alkyl halides is 3. The third-order valence-corrected chi connectivity index (χ3v) is 2.39. The number of benzene rings is 1. The zero-order valence-electron chi connectivity index (χ0n) is 8.37. The third kappa shape index (κ3) is 2.55. The van der Waals surface area contributed by atoms with Crippen LogP contribution >= 0.6 is 11.6 Å². The first-order valence-electron chi connectivity index (χ1n) is 4.62. The van der Waals surface area contributed by atoms with Crippen molar-refractivity contribution in [2.75, 3.05) is 0 Å². The highest BCUT2D eigenvalue weighted by molar-refractivity contribution is 6.31. The molecule has 2 rings (SSSR count). The van der Waals surface area contributed by atoms with Crippen LogP contribution < -0.4 is 0 Å². The van der Waals surface area contributed by atoms with E-state index in [4.69, 9.17) is 11.6 Å². The van der Waals surface area contributed by atoms with Crippen molar-refractivity contribution in [3.8, 4) is 11.3 Å². The zero-order chi connectivity index (χ0) is 12.5. The summed E-state index contributed by atoms with van der Waals surface area (Å²) in [6.45, 7) is 0. The predicted octanol–water partition coefficient (Wildman–Crippen LogP) is 3.82. The second kappa shape index (κ2) is 4.33. The Morgan fingerprint density at radius 2 is 1.76 bits per heavy atom. The Kier molecular flexibility index (Phi) is 3.02. The molecule has 1 heterocycles. The van der Waals surface area contributed by atoms with Gasteiger partial charge >= 0.3 is 6.18 Å². The maximum atomic E-state index is 12.5. The fraction of sp³-hybridized carbons (Fsp3) is 0.0909. The van der Waals surface area contributed by atoms with Crippen molar-refractivity contribution in [2.45, 2.75) is 6.18 Å². The molecule has 2 aromatic rings. The van der Waals surface area contributed by atoms with Gasteiger partial charge in [0.15, 0.2) is 5.15 Å². The van der Waals surface area contributed by atoms with Gasteiger partial charge in [0.1, 0.15) is 5.69 Å². The van der Waals surface area contributed by atoms with Crippen LogP contribution in [0.25, 0.3) is 11.3 Å². The summed E-state index contributed by atoms with van der Waals surface area (Å²) in [6.07, 6.45) is -1.63. The number of nitrogens with zero attached hydrogens (tertiary/aromatic N) is 2. The normalized spacial score (nSPS) is 11.5. The second-order valence-corrected chi connectivity index (χ2v) is 3.63. The minimum atomic E-state index is -4.38. The van der Waals surface area contributed by atoms with Gasteiger partial charge in [-0.25, -0.2) is 4.98 Å². The van der Waals surface area contributed by atoms with Crippen LogP contribution in [-0.4, -0.2) is 9.97 Å². The van der Waals surface area contributed by atoms with Gasteiger partial charge in [0, 0.05) is 18.0 Å². The highest BCUT2D eigenvalue weighted by atomic mass is 35.5. The first kappa shape index (κ1) is 11.9. The van der Waals surface area contributed by atoms with Gasteiger partial charge in [-0.15, -0.1) is 0 Å². The van der Waals surface area contributed by atoms with Gasteiger partial charge < -0.3 is 0 Å². The summed E-state index contributed by atoms with van der Waals surface area (Å²) in [5.41, 5.74) is -0.213. The van der Waals surface area contributed by atoms with E-state index in [2.05, 4.69) is 9.97 Å². The molecule has 88 valence electrons. The second-order valence-electron chi connectivity index (χ2n) is 3.27. The van der Waals surface area contributed by atoms with Crippen LogP contribution in [0.15, 0.2) is 36.7 Å². The molecule has 0 spiro atoms. The summed E-state index contributed by atoms with van der Waals surface area (Å²) < 4.78 is 37.5. The monoisotopic (exact) mass is 258 g/mol. The molecular weight excluding hydrogens is 253 g/mol. The summed E-state index contributed by atoms with van der Waals surface area (Å²) in [6, 6.07) is 4.80. The molecule has 2 nitrogen and oxygen atoms in total. The van der Waals surface area contributed by atoms with E-state index < -0.39 is 11.7 Å². The summed E-state index contributed by atoms with van der Waals surface area (Å²) in [4.78, 5) is 7.68. The minimum absolute atomic E-state index is 0.0758. The highest BCUT2D eigenvalue weighted by Gasteiger charge is 2.30. The average molecular weight is 259 g/mol. The van der Waals surface area contributed by atoms with Crippen LogP contribution in [0.5, 0.6) is 0 Å². The fourth-order valence-corrected chi connectivity index (χ4v) is 1.57. The van der Waals surface area contributed by atoms with E-state index in [-0.39, 0.29) is 16.4 Å². The van der Waals surface area contributed by atoms with Crippen LogP contribution in [0.1, 0.15) is 5.56 Å². The number of halogens is 4. The molecule has 0 bridgehead atoms. The van der Waals surface area contributed by atoms with Crippen LogP contribution in [0, 0.1) is 0 Å². The SMILES string of the molecule is FC(F)(F)c1cccc(-c2nccnc2Cl)c1. The van der Waals surface area contributed by atoms with Crippen LogP contribution in [0.3, 0.4) is 0 Å². The summed E-state index contributed by atoms with van der Waals surface area (Å²) >= 11 is 5.77. The smallest absolute Gasteiger partial charge is 0.251 e. The van der Waals surface area contributed by atoms with Crippen molar-refractivity contribution in [1.29, 1.82) is 0 Å². The highest BCUT2D eigenvalue weighted by Crippen LogP contribution is 2.32. The average Bonchev–Trinajstić information content (AvgIpc) is 2.29. The molecule has 0 N–H and O–H groups in total. The molecule has 0 amide bonds. The van der Waals surface area contributed by atoms with E-state index in [9.17, 15) is 13.2 Å². The van der Waals surface area contributed by atoms with Crippen molar-refractivity contribution in [3.05, 3.63) is 47.4 Å². The van der Waals surface area contributed by atoms with Crippen LogP contribution in [0.2, 0.25) is 5.15 Å². The van der Waals surface area contributed by atoms with Crippen molar-refractivity contribution in [3.63, 3.8) is 0 Å². The lowest BCUT2D eigenvalue weighted by Crippen LogP contribution is -2.04. The Morgan fingerprint density at radius 3 is 2.41 bits per heavy atom. The van der Waals surface area contributed by atoms with Crippen molar-refractivity contribution in [2.24, 2.45) is 0 Å². The van der Waals surface area contributed by atoms with Crippen LogP contribution in [-0.2, 0) is 6.18 Å². The van der Waals surface area contributed by atoms with E-state index in [1.807, 2.05) is 0 Å². The molecule has 0 aliphatic heterocycles. The molecule has 0 fully saturated rings. The zero-order valence-corrected chi connectivity index (χ0v) is 9.13. The van der Waals surface area contributed by atoms with Crippen molar-refractivity contribution in [1.82, 2.24) is 9.97 Å². The Balaban J connectivity index is 2.51. The van der Waals surface area contributed by atoms with Crippen molar-refractivity contribution < 1.29 is 13.2 Å². The molecule has 0 unspecified atom stereocenters. The molecule has 0 saturated heterocycles. The number of hydrogen-bond donors (Lipinski definition) is 0. The molecular formula is C11H6ClF3N2. The molecule has 0 atom stereocenters. The molecule has 0 radical (unpaired) electrons. The van der Waals surface area contributed by atoms with Gasteiger partial charge in [-0.3, -0.25) is 4.98 Å². The lowest BCUT2D eigenvalue weighted by Gasteiger charge is -2.08. The minimum Gasteiger partial charge on any atom is -0.251 e. The fourth-order valence-electron chi connectivity index (χ4n) is 1.36. The lowest BCUT2D eigenvalue weighted by molar-refractivity contribution is -0.137. The largest absolute Gasteiger partial charge is 0.416 e. The first-order valence-corrected chi connectivity index (χ1v) is 5.00. The van der Waals surface area contributed by atoms with Gasteiger partial charge in [-0.05, 0) is 12.1 Å². The van der Waals surface area contributed by atoms with E-state index in [0.717, 1.165) is 12.1 Å². The topological polar surface area (TPSA) is 25.8 Å². The molecule has 0 aliphatic carbocycles. The van der Waals surface area contributed by atoms with Gasteiger partial charge in [-0.1, -0.05) is 23.7 Å². The molecule has 1 aromatic heterocycles. The summed E-state index contributed by atoms with van der Waals surface area (Å²) in [7, 11) is 0. The van der Waals surface area contributed by atoms with Crippen LogP contribution in [0.4, 0.5) is 13.2 Å². The summed E-state index contributed by atoms with van der Waals surface area (Å²) in [5, 5.41) is 0.0758. The van der Waals surface area contributed by atoms with Gasteiger partial charge in [-0.2, -0.15) is 13.2 Å². The molecule has 0 aliphatic rings. The first-order chi connectivity index (χ1) is 7.98. The maximum absolute atomic E-state index is 12.5. The third-order valence-electron chi connectivity index (χ3n) is 2.12. The van der Waals surface area contributed by atoms with Gasteiger partial charge in [0.05, 0.1) is 5.56 Å². The van der Waals surface area contributed by atoms with E-state index in [1.54, 1.807) is 0 Å². The maximum Gasteiger partial charge on any atom is 0.416 e. The molecule has 17 heavy (non-hydrogen) atoms. The van der Waals surface area contributed by atoms with Gasteiger partial charge in [0.25, 0.3) is 0 Å². The number of aromatic nitrogens is 2. The molecule has 6 heteroatoms. The Labute approximate surface area is 100 Å². The Bertz CT molecular complexity index is 540. The Hall–Kier alpha value is -1.62. The lowest BCUT2D eigenvalue weighted by atomic mass is 10.1. The van der Waals surface area contributed by atoms with Gasteiger partial charge in [0.2, 0.25) is 0 Å². The number of rotatable bonds is 1. The molecule has 0 saturated carbocycles. The van der Waals surface area contributed by atoms with E-state index >= 15 is 0 Å². The number of hydrogen-bond acceptors (Lipinski definition) is 2. The van der Waals surface area contributed by atoms with E-state index in [1.165, 1.54) is 24.5 Å².